The molecule has 1 aliphatic heterocycles. The second kappa shape index (κ2) is 13.3. The number of aromatic nitrogens is 5. The lowest BCUT2D eigenvalue weighted by atomic mass is 9.99. The lowest BCUT2D eigenvalue weighted by Gasteiger charge is -2.32. The Morgan fingerprint density at radius 2 is 1.74 bits per heavy atom. The van der Waals surface area contributed by atoms with Crippen molar-refractivity contribution in [3.05, 3.63) is 52.8 Å². The Kier molecular flexibility index (Phi) is 10.7. The normalized spacial score (nSPS) is 14.9. The van der Waals surface area contributed by atoms with Gasteiger partial charge in [-0.1, -0.05) is 17.4 Å². The summed E-state index contributed by atoms with van der Waals surface area (Å²) in [4.78, 5) is 28.7. The molecule has 214 valence electrons. The zero-order valence-electron chi connectivity index (χ0n) is 20.3. The van der Waals surface area contributed by atoms with Crippen molar-refractivity contribution in [1.29, 1.82) is 0 Å². The molecule has 1 atom stereocenters. The second-order valence-electron chi connectivity index (χ2n) is 7.85. The minimum atomic E-state index is -5.08. The SMILES string of the molecule is Cc1nnc(N2Cc3ncn(C)c3C(COCc3cccnc3)C2)s1.O=C(O)C(F)(F)F.O=C(O)C(F)(F)F. The standard InChI is InChI=1S/C17H20N6OS.2C2HF3O2/c1-12-20-21-17(25-12)23-7-14(16-15(8-23)19-11-22(16)2)10-24-9-13-4-3-5-18-6-13;2*3-2(4,5)1(6)7/h3-6,11,14H,7-10H2,1-2H3;2*(H,6,7). The Bertz CT molecular complexity index is 1210. The van der Waals surface area contributed by atoms with Gasteiger partial charge < -0.3 is 24.4 Å². The van der Waals surface area contributed by atoms with Crippen LogP contribution in [0.15, 0.2) is 30.9 Å². The smallest absolute Gasteiger partial charge is 0.475 e. The van der Waals surface area contributed by atoms with E-state index in [2.05, 4.69) is 29.6 Å². The molecule has 11 nitrogen and oxygen atoms in total. The minimum Gasteiger partial charge on any atom is -0.475 e. The van der Waals surface area contributed by atoms with Crippen LogP contribution in [0.1, 0.15) is 27.9 Å². The number of hydrogen-bond acceptors (Lipinski definition) is 9. The third-order valence-electron chi connectivity index (χ3n) is 4.81. The van der Waals surface area contributed by atoms with Crippen LogP contribution in [0, 0.1) is 6.92 Å². The molecule has 0 saturated heterocycles. The van der Waals surface area contributed by atoms with Crippen LogP contribution >= 0.6 is 11.3 Å². The van der Waals surface area contributed by atoms with Crippen molar-refractivity contribution in [1.82, 2.24) is 24.7 Å². The van der Waals surface area contributed by atoms with Gasteiger partial charge in [-0.25, -0.2) is 14.6 Å². The molecule has 0 amide bonds. The highest BCUT2D eigenvalue weighted by Crippen LogP contribution is 2.32. The van der Waals surface area contributed by atoms with E-state index in [1.54, 1.807) is 17.5 Å². The summed E-state index contributed by atoms with van der Waals surface area (Å²) in [6.45, 7) is 4.80. The molecule has 0 aromatic carbocycles. The lowest BCUT2D eigenvalue weighted by Crippen LogP contribution is -2.36. The van der Waals surface area contributed by atoms with Crippen molar-refractivity contribution >= 4 is 28.4 Å². The number of carboxylic acid groups (broad SMARTS) is 2. The molecule has 0 saturated carbocycles. The number of carboxylic acids is 2. The molecule has 3 aromatic rings. The van der Waals surface area contributed by atoms with E-state index in [4.69, 9.17) is 24.5 Å². The van der Waals surface area contributed by atoms with Crippen LogP contribution in [-0.4, -0.2) is 72.4 Å². The number of anilines is 1. The molecule has 39 heavy (non-hydrogen) atoms. The van der Waals surface area contributed by atoms with Crippen LogP contribution in [0.5, 0.6) is 0 Å². The number of rotatable bonds is 5. The van der Waals surface area contributed by atoms with E-state index < -0.39 is 24.3 Å². The summed E-state index contributed by atoms with van der Waals surface area (Å²) < 4.78 is 71.6. The van der Waals surface area contributed by atoms with Gasteiger partial charge in [0.15, 0.2) is 0 Å². The molecule has 0 fully saturated rings. The maximum absolute atomic E-state index is 10.6. The largest absolute Gasteiger partial charge is 0.490 e. The number of imidazole rings is 1. The predicted molar refractivity (Wildman–Crippen MR) is 123 cm³/mol. The average molecular weight is 584 g/mol. The van der Waals surface area contributed by atoms with Crippen LogP contribution in [0.3, 0.4) is 0 Å². The van der Waals surface area contributed by atoms with Crippen molar-refractivity contribution in [2.24, 2.45) is 7.05 Å². The van der Waals surface area contributed by atoms with Crippen molar-refractivity contribution < 1.29 is 50.9 Å². The molecular formula is C21H22F6N6O5S. The fourth-order valence-electron chi connectivity index (χ4n) is 3.23. The van der Waals surface area contributed by atoms with E-state index >= 15 is 0 Å². The number of hydrogen-bond donors (Lipinski definition) is 2. The number of carbonyl (C=O) groups is 2. The highest BCUT2D eigenvalue weighted by molar-refractivity contribution is 7.15. The van der Waals surface area contributed by atoms with Gasteiger partial charge >= 0.3 is 24.3 Å². The molecule has 4 heterocycles. The van der Waals surface area contributed by atoms with Gasteiger partial charge in [0.1, 0.15) is 5.01 Å². The van der Waals surface area contributed by atoms with Crippen LogP contribution in [0.4, 0.5) is 31.5 Å². The highest BCUT2D eigenvalue weighted by Gasteiger charge is 2.39. The van der Waals surface area contributed by atoms with Gasteiger partial charge in [-0.15, -0.1) is 10.2 Å². The van der Waals surface area contributed by atoms with Crippen LogP contribution < -0.4 is 4.90 Å². The maximum atomic E-state index is 10.6. The fraction of sp³-hybridized carbons (Fsp3) is 0.429. The van der Waals surface area contributed by atoms with E-state index in [1.807, 2.05) is 38.6 Å². The monoisotopic (exact) mass is 584 g/mol. The Morgan fingerprint density at radius 3 is 2.23 bits per heavy atom. The van der Waals surface area contributed by atoms with Crippen molar-refractivity contribution in [2.75, 3.05) is 18.1 Å². The first-order valence-electron chi connectivity index (χ1n) is 10.7. The molecule has 0 radical (unpaired) electrons. The minimum absolute atomic E-state index is 0.247. The Morgan fingerprint density at radius 1 is 1.13 bits per heavy atom. The topological polar surface area (TPSA) is 144 Å². The van der Waals surface area contributed by atoms with E-state index in [0.717, 1.165) is 34.5 Å². The number of halogens is 6. The summed E-state index contributed by atoms with van der Waals surface area (Å²) in [6, 6.07) is 3.96. The molecule has 0 spiro atoms. The highest BCUT2D eigenvalue weighted by atomic mass is 32.1. The van der Waals surface area contributed by atoms with Crippen molar-refractivity contribution in [3.8, 4) is 0 Å². The van der Waals surface area contributed by atoms with E-state index in [-0.39, 0.29) is 5.92 Å². The molecular weight excluding hydrogens is 562 g/mol. The van der Waals surface area contributed by atoms with E-state index in [9.17, 15) is 26.3 Å². The Labute approximate surface area is 220 Å². The quantitative estimate of drug-likeness (QED) is 0.427. The maximum Gasteiger partial charge on any atom is 0.490 e. The van der Waals surface area contributed by atoms with Gasteiger partial charge in [0, 0.05) is 37.6 Å². The number of aliphatic carboxylic acids is 2. The summed E-state index contributed by atoms with van der Waals surface area (Å²) in [5.41, 5.74) is 3.43. The summed E-state index contributed by atoms with van der Waals surface area (Å²) in [5, 5.41) is 24.6. The average Bonchev–Trinajstić information content (AvgIpc) is 3.45. The molecule has 1 unspecified atom stereocenters. The van der Waals surface area contributed by atoms with Gasteiger partial charge in [0.25, 0.3) is 0 Å². The number of pyridine rings is 1. The first-order chi connectivity index (χ1) is 18.1. The number of fused-ring (bicyclic) bond motifs is 1. The summed E-state index contributed by atoms with van der Waals surface area (Å²) in [6.07, 6.45) is -4.67. The zero-order valence-corrected chi connectivity index (χ0v) is 21.1. The van der Waals surface area contributed by atoms with Gasteiger partial charge in [-0.05, 0) is 18.6 Å². The first-order valence-corrected chi connectivity index (χ1v) is 11.5. The van der Waals surface area contributed by atoms with Crippen LogP contribution in [-0.2, 0) is 34.5 Å². The van der Waals surface area contributed by atoms with E-state index in [1.165, 1.54) is 5.69 Å². The Hall–Kier alpha value is -3.80. The Balaban J connectivity index is 0.000000317. The third-order valence-corrected chi connectivity index (χ3v) is 5.71. The van der Waals surface area contributed by atoms with E-state index in [0.29, 0.717) is 13.2 Å². The molecule has 0 aliphatic carbocycles. The number of ether oxygens (including phenoxy) is 1. The molecule has 3 aromatic heterocycles. The molecule has 0 bridgehead atoms. The van der Waals surface area contributed by atoms with Gasteiger partial charge in [0.2, 0.25) is 5.13 Å². The zero-order chi connectivity index (χ0) is 29.4. The van der Waals surface area contributed by atoms with Gasteiger partial charge in [-0.2, -0.15) is 26.3 Å². The summed E-state index contributed by atoms with van der Waals surface area (Å²) in [7, 11) is 2.05. The number of alkyl halides is 6. The third kappa shape index (κ3) is 9.78. The molecule has 1 aliphatic rings. The second-order valence-corrected chi connectivity index (χ2v) is 9.01. The molecule has 4 rings (SSSR count). The van der Waals surface area contributed by atoms with Crippen LogP contribution in [0.2, 0.25) is 0 Å². The molecule has 18 heteroatoms. The lowest BCUT2D eigenvalue weighted by molar-refractivity contribution is -0.193. The summed E-state index contributed by atoms with van der Waals surface area (Å²) in [5.74, 6) is -5.27. The predicted octanol–water partition coefficient (Wildman–Crippen LogP) is 3.56. The van der Waals surface area contributed by atoms with Crippen molar-refractivity contribution in [3.63, 3.8) is 0 Å². The van der Waals surface area contributed by atoms with Gasteiger partial charge in [0.05, 0.1) is 31.8 Å². The first kappa shape index (κ1) is 31.4. The fourth-order valence-corrected chi connectivity index (χ4v) is 3.92. The number of aryl methyl sites for hydroxylation is 2. The molecule has 2 N–H and O–H groups in total. The van der Waals surface area contributed by atoms with Gasteiger partial charge in [-0.3, -0.25) is 4.98 Å². The van der Waals surface area contributed by atoms with Crippen LogP contribution in [0.25, 0.3) is 0 Å². The summed E-state index contributed by atoms with van der Waals surface area (Å²) >= 11 is 1.62. The number of nitrogens with zero attached hydrogens (tertiary/aromatic N) is 6. The van der Waals surface area contributed by atoms with Crippen molar-refractivity contribution in [2.45, 2.75) is 38.3 Å².